The van der Waals surface area contributed by atoms with E-state index in [-0.39, 0.29) is 24.9 Å². The first-order valence-corrected chi connectivity index (χ1v) is 10.8. The van der Waals surface area contributed by atoms with Gasteiger partial charge in [-0.25, -0.2) is 4.98 Å². The fourth-order valence-electron chi connectivity index (χ4n) is 3.84. The Morgan fingerprint density at radius 3 is 2.97 bits per heavy atom. The van der Waals surface area contributed by atoms with Crippen LogP contribution in [0.25, 0.3) is 0 Å². The molecule has 0 aliphatic carbocycles. The van der Waals surface area contributed by atoms with Crippen LogP contribution in [0.4, 0.5) is 10.8 Å². The summed E-state index contributed by atoms with van der Waals surface area (Å²) in [5.41, 5.74) is 2.58. The van der Waals surface area contributed by atoms with Crippen LogP contribution in [-0.4, -0.2) is 33.2 Å². The molecule has 154 valence electrons. The van der Waals surface area contributed by atoms with E-state index in [1.54, 1.807) is 22.9 Å². The summed E-state index contributed by atoms with van der Waals surface area (Å²) in [7, 11) is 0. The molecule has 1 unspecified atom stereocenters. The summed E-state index contributed by atoms with van der Waals surface area (Å²) in [4.78, 5) is 19.8. The summed E-state index contributed by atoms with van der Waals surface area (Å²) >= 11 is 1.42. The van der Waals surface area contributed by atoms with E-state index in [1.807, 2.05) is 29.6 Å². The van der Waals surface area contributed by atoms with Crippen molar-refractivity contribution < 1.29 is 9.90 Å². The minimum Gasteiger partial charge on any atom is -0.390 e. The molecule has 3 aromatic rings. The fraction of sp³-hybridized carbons (Fsp3) is 0.318. The summed E-state index contributed by atoms with van der Waals surface area (Å²) in [6, 6.07) is 15.9. The molecule has 7 nitrogen and oxygen atoms in total. The average molecular weight is 422 g/mol. The van der Waals surface area contributed by atoms with Gasteiger partial charge in [0.2, 0.25) is 0 Å². The maximum Gasteiger partial charge on any atom is 0.274 e. The number of aliphatic hydroxyl groups excluding tert-OH is 1. The Morgan fingerprint density at radius 2 is 2.17 bits per heavy atom. The van der Waals surface area contributed by atoms with E-state index >= 15 is 0 Å². The van der Waals surface area contributed by atoms with Crippen molar-refractivity contribution in [1.82, 2.24) is 9.55 Å². The van der Waals surface area contributed by atoms with Crippen LogP contribution >= 0.6 is 11.3 Å². The fourth-order valence-corrected chi connectivity index (χ4v) is 4.59. The SMILES string of the molecule is N#CCC(O)Cn1cccc1C(=O)Nc1nc([C@H]2CCCN2c2ccccc2)cs1. The van der Waals surface area contributed by atoms with Crippen molar-refractivity contribution in [2.24, 2.45) is 0 Å². The summed E-state index contributed by atoms with van der Waals surface area (Å²) in [5.74, 6) is -0.281. The minimum atomic E-state index is -0.813. The quantitative estimate of drug-likeness (QED) is 0.605. The lowest BCUT2D eigenvalue weighted by Crippen LogP contribution is -2.23. The molecular formula is C22H23N5O2S. The lowest BCUT2D eigenvalue weighted by Gasteiger charge is -2.25. The Morgan fingerprint density at radius 1 is 1.33 bits per heavy atom. The zero-order valence-electron chi connectivity index (χ0n) is 16.4. The van der Waals surface area contributed by atoms with Crippen molar-refractivity contribution in [3.63, 3.8) is 0 Å². The highest BCUT2D eigenvalue weighted by Gasteiger charge is 2.28. The standard InChI is InChI=1S/C22H23N5O2S/c23-11-10-17(28)14-26-12-4-9-20(26)21(29)25-22-24-18(15-30-22)19-8-5-13-27(19)16-6-2-1-3-7-16/h1-4,6-7,9,12,15,17,19,28H,5,8,10,13-14H2,(H,24,25,29)/t17?,19-/m1/s1. The Labute approximate surface area is 179 Å². The molecule has 1 fully saturated rings. The predicted octanol–water partition coefficient (Wildman–Crippen LogP) is 3.81. The third kappa shape index (κ3) is 4.37. The molecular weight excluding hydrogens is 398 g/mol. The number of para-hydroxylation sites is 1. The summed E-state index contributed by atoms with van der Waals surface area (Å²) in [6.45, 7) is 1.19. The third-order valence-corrected chi connectivity index (χ3v) is 6.00. The van der Waals surface area contributed by atoms with E-state index in [0.717, 1.165) is 25.1 Å². The molecule has 0 radical (unpaired) electrons. The van der Waals surface area contributed by atoms with Gasteiger partial charge in [-0.1, -0.05) is 18.2 Å². The van der Waals surface area contributed by atoms with E-state index in [4.69, 9.17) is 5.26 Å². The van der Waals surface area contributed by atoms with Gasteiger partial charge in [-0.2, -0.15) is 5.26 Å². The molecule has 1 amide bonds. The second kappa shape index (κ2) is 9.11. The Hall–Kier alpha value is -3.15. The van der Waals surface area contributed by atoms with Crippen LogP contribution < -0.4 is 10.2 Å². The highest BCUT2D eigenvalue weighted by molar-refractivity contribution is 7.14. The number of carbonyl (C=O) groups is 1. The molecule has 2 aromatic heterocycles. The number of carbonyl (C=O) groups excluding carboxylic acids is 1. The number of nitrogens with one attached hydrogen (secondary N) is 1. The van der Waals surface area contributed by atoms with Crippen LogP contribution in [-0.2, 0) is 6.54 Å². The Bertz CT molecular complexity index is 1040. The zero-order chi connectivity index (χ0) is 20.9. The van der Waals surface area contributed by atoms with Gasteiger partial charge in [-0.05, 0) is 37.1 Å². The molecule has 3 heterocycles. The van der Waals surface area contributed by atoms with Crippen molar-refractivity contribution >= 4 is 28.1 Å². The molecule has 0 bridgehead atoms. The highest BCUT2D eigenvalue weighted by atomic mass is 32.1. The van der Waals surface area contributed by atoms with Gasteiger partial charge in [0.1, 0.15) is 5.69 Å². The van der Waals surface area contributed by atoms with E-state index < -0.39 is 6.10 Å². The summed E-state index contributed by atoms with van der Waals surface area (Å²) in [6.07, 6.45) is 3.07. The first-order chi connectivity index (χ1) is 14.7. The van der Waals surface area contributed by atoms with Gasteiger partial charge in [-0.15, -0.1) is 11.3 Å². The molecule has 4 rings (SSSR count). The molecule has 8 heteroatoms. The minimum absolute atomic E-state index is 0.0222. The normalized spacial score (nSPS) is 16.9. The number of hydrogen-bond acceptors (Lipinski definition) is 6. The number of benzene rings is 1. The number of aromatic nitrogens is 2. The van der Waals surface area contributed by atoms with Crippen molar-refractivity contribution in [1.29, 1.82) is 5.26 Å². The molecule has 1 saturated heterocycles. The van der Waals surface area contributed by atoms with Crippen LogP contribution in [0.5, 0.6) is 0 Å². The van der Waals surface area contributed by atoms with Crippen LogP contribution in [0.15, 0.2) is 54.0 Å². The van der Waals surface area contributed by atoms with Crippen molar-refractivity contribution in [3.05, 3.63) is 65.4 Å². The second-order valence-corrected chi connectivity index (χ2v) is 8.14. The number of amides is 1. The molecule has 1 aromatic carbocycles. The third-order valence-electron chi connectivity index (χ3n) is 5.22. The monoisotopic (exact) mass is 421 g/mol. The largest absolute Gasteiger partial charge is 0.390 e. The molecule has 1 aliphatic heterocycles. The number of thiazole rings is 1. The van der Waals surface area contributed by atoms with Gasteiger partial charge in [0.15, 0.2) is 5.13 Å². The van der Waals surface area contributed by atoms with E-state index in [0.29, 0.717) is 10.8 Å². The maximum absolute atomic E-state index is 12.7. The van der Waals surface area contributed by atoms with Gasteiger partial charge < -0.3 is 14.6 Å². The number of nitriles is 1. The molecule has 0 spiro atoms. The Kier molecular flexibility index (Phi) is 6.12. The van der Waals surface area contributed by atoms with Crippen molar-refractivity contribution in [2.75, 3.05) is 16.8 Å². The first-order valence-electron chi connectivity index (χ1n) is 9.94. The Balaban J connectivity index is 1.45. The van der Waals surface area contributed by atoms with Crippen molar-refractivity contribution in [3.8, 4) is 6.07 Å². The average Bonchev–Trinajstić information content (AvgIpc) is 3.49. The number of hydrogen-bond donors (Lipinski definition) is 2. The van der Waals surface area contributed by atoms with Crippen LogP contribution in [0.1, 0.15) is 41.5 Å². The number of aliphatic hydroxyl groups is 1. The number of nitrogens with zero attached hydrogens (tertiary/aromatic N) is 4. The summed E-state index contributed by atoms with van der Waals surface area (Å²) < 4.78 is 1.65. The van der Waals surface area contributed by atoms with Crippen LogP contribution in [0.3, 0.4) is 0 Å². The second-order valence-electron chi connectivity index (χ2n) is 7.28. The highest BCUT2D eigenvalue weighted by Crippen LogP contribution is 2.37. The zero-order valence-corrected chi connectivity index (χ0v) is 17.3. The van der Waals surface area contributed by atoms with Crippen LogP contribution in [0.2, 0.25) is 0 Å². The molecule has 2 atom stereocenters. The van der Waals surface area contributed by atoms with Gasteiger partial charge in [0.25, 0.3) is 5.91 Å². The van der Waals surface area contributed by atoms with E-state index in [2.05, 4.69) is 27.3 Å². The number of anilines is 2. The predicted molar refractivity (Wildman–Crippen MR) is 116 cm³/mol. The van der Waals surface area contributed by atoms with Gasteiger partial charge in [0, 0.05) is 30.4 Å². The van der Waals surface area contributed by atoms with E-state index in [9.17, 15) is 9.90 Å². The van der Waals surface area contributed by atoms with Crippen molar-refractivity contribution in [2.45, 2.75) is 38.0 Å². The molecule has 1 aliphatic rings. The smallest absolute Gasteiger partial charge is 0.274 e. The van der Waals surface area contributed by atoms with Gasteiger partial charge in [0.05, 0.1) is 30.3 Å². The van der Waals surface area contributed by atoms with Crippen LogP contribution in [0, 0.1) is 11.3 Å². The molecule has 0 saturated carbocycles. The lowest BCUT2D eigenvalue weighted by atomic mass is 10.1. The molecule has 30 heavy (non-hydrogen) atoms. The summed E-state index contributed by atoms with van der Waals surface area (Å²) in [5, 5.41) is 24.0. The first kappa shape index (κ1) is 20.1. The molecule has 2 N–H and O–H groups in total. The van der Waals surface area contributed by atoms with Gasteiger partial charge in [-0.3, -0.25) is 10.1 Å². The number of rotatable bonds is 7. The lowest BCUT2D eigenvalue weighted by molar-refractivity contribution is 0.101. The van der Waals surface area contributed by atoms with Gasteiger partial charge >= 0.3 is 0 Å². The maximum atomic E-state index is 12.7. The van der Waals surface area contributed by atoms with E-state index in [1.165, 1.54) is 17.0 Å². The topological polar surface area (TPSA) is 94.2 Å².